The standard InChI is InChI=1S/C40H33N3O8/c1-21-11-13-23(14-12-21)41-43-36(47)30-20-29-25(34(26-9-5-6-10-31(26)44)40(30,39(43)51)22-7-3-2-4-8-22)17-18-28-33(29)37(48)42(35(28)46)24-15-16-27(38(49)50)32(45)19-24/h2-17,19,28-30,33-34,41,44-45H,18,20H2,1H3,(H,49,50). The highest BCUT2D eigenvalue weighted by Gasteiger charge is 2.70. The van der Waals surface area contributed by atoms with Crippen molar-refractivity contribution < 1.29 is 39.3 Å². The maximum absolute atomic E-state index is 15.1. The predicted molar refractivity (Wildman–Crippen MR) is 184 cm³/mol. The van der Waals surface area contributed by atoms with Crippen LogP contribution in [0.3, 0.4) is 0 Å². The highest BCUT2D eigenvalue weighted by molar-refractivity contribution is 6.23. The molecular formula is C40H33N3O8. The minimum absolute atomic E-state index is 0.0377. The molecule has 4 aliphatic rings. The summed E-state index contributed by atoms with van der Waals surface area (Å²) in [4.78, 5) is 70.8. The number of fused-ring (bicyclic) bond motifs is 4. The molecule has 11 heteroatoms. The Morgan fingerprint density at radius 3 is 2.20 bits per heavy atom. The molecule has 2 saturated heterocycles. The molecule has 6 atom stereocenters. The summed E-state index contributed by atoms with van der Waals surface area (Å²) in [5.74, 6) is -8.31. The zero-order valence-corrected chi connectivity index (χ0v) is 27.4. The van der Waals surface area contributed by atoms with Gasteiger partial charge in [-0.2, -0.15) is 5.01 Å². The third-order valence-electron chi connectivity index (χ3n) is 11.1. The van der Waals surface area contributed by atoms with Crippen LogP contribution in [0, 0.1) is 30.6 Å². The maximum atomic E-state index is 15.1. The normalized spacial score (nSPS) is 26.8. The molecule has 0 aromatic heterocycles. The summed E-state index contributed by atoms with van der Waals surface area (Å²) in [5.41, 5.74) is 4.41. The van der Waals surface area contributed by atoms with Gasteiger partial charge in [0.15, 0.2) is 0 Å². The first-order valence-electron chi connectivity index (χ1n) is 16.7. The molecule has 256 valence electrons. The molecule has 2 aliphatic heterocycles. The largest absolute Gasteiger partial charge is 0.508 e. The highest BCUT2D eigenvalue weighted by atomic mass is 16.4. The lowest BCUT2D eigenvalue weighted by molar-refractivity contribution is -0.138. The second kappa shape index (κ2) is 11.7. The summed E-state index contributed by atoms with van der Waals surface area (Å²) in [6.45, 7) is 1.93. The van der Waals surface area contributed by atoms with Gasteiger partial charge in [0, 0.05) is 17.5 Å². The van der Waals surface area contributed by atoms with E-state index < -0.39 is 70.4 Å². The third-order valence-corrected chi connectivity index (χ3v) is 11.1. The van der Waals surface area contributed by atoms with Crippen molar-refractivity contribution in [1.29, 1.82) is 0 Å². The molecule has 4 N–H and O–H groups in total. The van der Waals surface area contributed by atoms with E-state index in [1.807, 2.05) is 43.3 Å². The number of anilines is 2. The van der Waals surface area contributed by atoms with E-state index in [0.29, 0.717) is 22.4 Å². The van der Waals surface area contributed by atoms with Crippen molar-refractivity contribution >= 4 is 41.0 Å². The SMILES string of the molecule is Cc1ccc(NN2C(=O)C3CC4C(=CCC5C(=O)N(c6ccc(C(=O)O)c(O)c6)C(=O)C54)C(c4ccccc4O)C3(c3ccccc3)C2=O)cc1. The van der Waals surface area contributed by atoms with Crippen molar-refractivity contribution in [2.24, 2.45) is 23.7 Å². The topological polar surface area (TPSA) is 165 Å². The molecule has 1 saturated carbocycles. The molecule has 4 amide bonds. The second-order valence-corrected chi connectivity index (χ2v) is 13.7. The minimum Gasteiger partial charge on any atom is -0.508 e. The summed E-state index contributed by atoms with van der Waals surface area (Å²) < 4.78 is 0. The van der Waals surface area contributed by atoms with Crippen molar-refractivity contribution in [3.05, 3.63) is 131 Å². The molecular weight excluding hydrogens is 650 g/mol. The van der Waals surface area contributed by atoms with E-state index in [4.69, 9.17) is 0 Å². The number of hydrazine groups is 1. The zero-order chi connectivity index (χ0) is 35.8. The van der Waals surface area contributed by atoms with E-state index in [-0.39, 0.29) is 29.8 Å². The molecule has 2 aliphatic carbocycles. The smallest absolute Gasteiger partial charge is 0.339 e. The molecule has 0 radical (unpaired) electrons. The van der Waals surface area contributed by atoms with E-state index in [1.165, 1.54) is 12.1 Å². The van der Waals surface area contributed by atoms with Crippen LogP contribution in [0.2, 0.25) is 0 Å². The number of phenolic OH excluding ortho intramolecular Hbond substituents is 1. The number of imide groups is 2. The zero-order valence-electron chi connectivity index (χ0n) is 27.4. The van der Waals surface area contributed by atoms with Crippen LogP contribution in [0.15, 0.2) is 109 Å². The van der Waals surface area contributed by atoms with Gasteiger partial charge in [-0.05, 0) is 61.6 Å². The molecule has 11 nitrogen and oxygen atoms in total. The molecule has 51 heavy (non-hydrogen) atoms. The number of aryl methyl sites for hydroxylation is 1. The Hall–Kier alpha value is -6.23. The number of hydrogen-bond donors (Lipinski definition) is 4. The molecule has 0 bridgehead atoms. The van der Waals surface area contributed by atoms with Crippen molar-refractivity contribution in [3.63, 3.8) is 0 Å². The first kappa shape index (κ1) is 32.0. The number of nitrogens with one attached hydrogen (secondary N) is 1. The number of amides is 4. The van der Waals surface area contributed by atoms with Crippen LogP contribution < -0.4 is 10.3 Å². The number of hydrogen-bond acceptors (Lipinski definition) is 8. The van der Waals surface area contributed by atoms with Gasteiger partial charge >= 0.3 is 5.97 Å². The van der Waals surface area contributed by atoms with Gasteiger partial charge in [-0.15, -0.1) is 0 Å². The van der Waals surface area contributed by atoms with E-state index >= 15 is 4.79 Å². The van der Waals surface area contributed by atoms with E-state index in [0.717, 1.165) is 27.6 Å². The fraction of sp³-hybridized carbons (Fsp3) is 0.225. The van der Waals surface area contributed by atoms with Gasteiger partial charge in [0.1, 0.15) is 17.1 Å². The monoisotopic (exact) mass is 683 g/mol. The maximum Gasteiger partial charge on any atom is 0.339 e. The Bertz CT molecular complexity index is 2180. The lowest BCUT2D eigenvalue weighted by Gasteiger charge is -2.50. The summed E-state index contributed by atoms with van der Waals surface area (Å²) >= 11 is 0. The number of nitrogens with zero attached hydrogens (tertiary/aromatic N) is 2. The van der Waals surface area contributed by atoms with Gasteiger partial charge in [-0.3, -0.25) is 24.6 Å². The number of aromatic hydroxyl groups is 2. The van der Waals surface area contributed by atoms with Gasteiger partial charge in [0.2, 0.25) is 11.8 Å². The first-order chi connectivity index (χ1) is 24.5. The molecule has 4 aromatic rings. The number of carboxylic acids is 1. The molecule has 3 fully saturated rings. The average molecular weight is 684 g/mol. The molecule has 0 spiro atoms. The van der Waals surface area contributed by atoms with Gasteiger partial charge in [-0.1, -0.05) is 77.9 Å². The van der Waals surface area contributed by atoms with Gasteiger partial charge in [0.25, 0.3) is 11.8 Å². The van der Waals surface area contributed by atoms with E-state index in [2.05, 4.69) is 5.43 Å². The average Bonchev–Trinajstić information content (AvgIpc) is 3.50. The van der Waals surface area contributed by atoms with Crippen LogP contribution in [0.25, 0.3) is 0 Å². The van der Waals surface area contributed by atoms with Gasteiger partial charge in [0.05, 0.1) is 34.5 Å². The fourth-order valence-electron chi connectivity index (χ4n) is 8.92. The molecule has 6 unspecified atom stereocenters. The quantitative estimate of drug-likeness (QED) is 0.156. The lowest BCUT2D eigenvalue weighted by atomic mass is 9.49. The number of carboxylic acid groups (broad SMARTS) is 1. The lowest BCUT2D eigenvalue weighted by Crippen LogP contribution is -2.53. The number of aromatic carboxylic acids is 1. The Labute approximate surface area is 292 Å². The van der Waals surface area contributed by atoms with E-state index in [9.17, 15) is 34.5 Å². The molecule has 2 heterocycles. The fourth-order valence-corrected chi connectivity index (χ4v) is 8.92. The Balaban J connectivity index is 1.29. The van der Waals surface area contributed by atoms with Gasteiger partial charge in [-0.25, -0.2) is 9.69 Å². The van der Waals surface area contributed by atoms with Crippen LogP contribution in [0.4, 0.5) is 11.4 Å². The van der Waals surface area contributed by atoms with Crippen LogP contribution >= 0.6 is 0 Å². The van der Waals surface area contributed by atoms with Crippen molar-refractivity contribution in [1.82, 2.24) is 5.01 Å². The number of rotatable bonds is 6. The highest BCUT2D eigenvalue weighted by Crippen LogP contribution is 2.65. The second-order valence-electron chi connectivity index (χ2n) is 13.7. The summed E-state index contributed by atoms with van der Waals surface area (Å²) in [6.07, 6.45) is 2.11. The Morgan fingerprint density at radius 1 is 0.804 bits per heavy atom. The first-order valence-corrected chi connectivity index (χ1v) is 16.7. The molecule has 8 rings (SSSR count). The van der Waals surface area contributed by atoms with Crippen molar-refractivity contribution in [3.8, 4) is 11.5 Å². The van der Waals surface area contributed by atoms with Crippen LogP contribution in [0.5, 0.6) is 11.5 Å². The number of benzene rings is 4. The van der Waals surface area contributed by atoms with Crippen molar-refractivity contribution in [2.45, 2.75) is 31.1 Å². The van der Waals surface area contributed by atoms with Crippen LogP contribution in [-0.4, -0.2) is 49.9 Å². The molecule has 4 aromatic carbocycles. The number of para-hydroxylation sites is 1. The van der Waals surface area contributed by atoms with Crippen LogP contribution in [0.1, 0.15) is 45.8 Å². The summed E-state index contributed by atoms with van der Waals surface area (Å²) in [7, 11) is 0. The number of carbonyl (C=O) groups excluding carboxylic acids is 4. The van der Waals surface area contributed by atoms with E-state index in [1.54, 1.807) is 42.5 Å². The number of carbonyl (C=O) groups is 5. The number of allylic oxidation sites excluding steroid dienone is 2. The summed E-state index contributed by atoms with van der Waals surface area (Å²) in [5, 5.41) is 32.3. The summed E-state index contributed by atoms with van der Waals surface area (Å²) in [6, 6.07) is 26.5. The van der Waals surface area contributed by atoms with Gasteiger partial charge < -0.3 is 15.3 Å². The Morgan fingerprint density at radius 2 is 1.51 bits per heavy atom. The third kappa shape index (κ3) is 4.61. The predicted octanol–water partition coefficient (Wildman–Crippen LogP) is 5.29. The van der Waals surface area contributed by atoms with Crippen LogP contribution in [-0.2, 0) is 24.6 Å². The Kier molecular flexibility index (Phi) is 7.33. The number of phenols is 2. The van der Waals surface area contributed by atoms with Crippen molar-refractivity contribution in [2.75, 3.05) is 10.3 Å². The minimum atomic E-state index is -1.52.